The van der Waals surface area contributed by atoms with E-state index in [9.17, 15) is 13.2 Å². The van der Waals surface area contributed by atoms with E-state index in [1.54, 1.807) is 25.1 Å². The lowest BCUT2D eigenvalue weighted by Crippen LogP contribution is -2.45. The zero-order valence-corrected chi connectivity index (χ0v) is 21.2. The maximum atomic E-state index is 13.3. The van der Waals surface area contributed by atoms with Gasteiger partial charge in [0, 0.05) is 31.7 Å². The van der Waals surface area contributed by atoms with E-state index in [0.717, 1.165) is 57.0 Å². The van der Waals surface area contributed by atoms with Gasteiger partial charge in [0.25, 0.3) is 5.91 Å². The average Bonchev–Trinajstić information content (AvgIpc) is 2.85. The van der Waals surface area contributed by atoms with E-state index >= 15 is 0 Å². The maximum Gasteiger partial charge on any atom is 0.253 e. The standard InChI is InChI=1S/C27H37N3O3S/c1-21-12-15-29(16-13-21)19-24-9-6-14-30(20-24)27(31)25-11-10-22(2)26(17-25)34(32,33)28-18-23-7-4-3-5-8-23/h3-5,7-8,10-11,17,21,24,28H,6,9,12-16,18-20H2,1-2H3. The Morgan fingerprint density at radius 1 is 1.03 bits per heavy atom. The molecule has 0 saturated carbocycles. The molecule has 0 spiro atoms. The van der Waals surface area contributed by atoms with Crippen molar-refractivity contribution >= 4 is 15.9 Å². The molecule has 6 nitrogen and oxygen atoms in total. The second-order valence-electron chi connectivity index (χ2n) is 10.0. The minimum Gasteiger partial charge on any atom is -0.338 e. The predicted molar refractivity (Wildman–Crippen MR) is 135 cm³/mol. The van der Waals surface area contributed by atoms with Crippen LogP contribution in [0.4, 0.5) is 0 Å². The minimum absolute atomic E-state index is 0.0727. The molecule has 1 N–H and O–H groups in total. The van der Waals surface area contributed by atoms with Crippen LogP contribution in [0.2, 0.25) is 0 Å². The minimum atomic E-state index is -3.74. The topological polar surface area (TPSA) is 69.7 Å². The Kier molecular flexibility index (Phi) is 8.06. The molecule has 2 heterocycles. The van der Waals surface area contributed by atoms with Gasteiger partial charge in [-0.2, -0.15) is 0 Å². The average molecular weight is 484 g/mol. The molecular weight excluding hydrogens is 446 g/mol. The fourth-order valence-corrected chi connectivity index (χ4v) is 6.35. The Morgan fingerprint density at radius 3 is 2.50 bits per heavy atom. The van der Waals surface area contributed by atoms with Crippen molar-refractivity contribution < 1.29 is 13.2 Å². The highest BCUT2D eigenvalue weighted by Crippen LogP contribution is 2.24. The Hall–Kier alpha value is -2.22. The molecule has 2 aromatic carbocycles. The fourth-order valence-electron chi connectivity index (χ4n) is 5.07. The third kappa shape index (κ3) is 6.26. The van der Waals surface area contributed by atoms with Crippen LogP contribution in [-0.2, 0) is 16.6 Å². The molecule has 1 amide bonds. The van der Waals surface area contributed by atoms with E-state index in [1.807, 2.05) is 35.2 Å². The zero-order chi connectivity index (χ0) is 24.1. The van der Waals surface area contributed by atoms with Gasteiger partial charge in [-0.1, -0.05) is 43.3 Å². The molecule has 0 bridgehead atoms. The van der Waals surface area contributed by atoms with Gasteiger partial charge in [-0.3, -0.25) is 4.79 Å². The van der Waals surface area contributed by atoms with Gasteiger partial charge < -0.3 is 9.80 Å². The van der Waals surface area contributed by atoms with Crippen molar-refractivity contribution in [1.29, 1.82) is 0 Å². The molecule has 0 radical (unpaired) electrons. The van der Waals surface area contributed by atoms with E-state index < -0.39 is 10.0 Å². The molecule has 1 unspecified atom stereocenters. The molecule has 34 heavy (non-hydrogen) atoms. The van der Waals surface area contributed by atoms with Crippen LogP contribution in [0, 0.1) is 18.8 Å². The van der Waals surface area contributed by atoms with Crippen LogP contribution < -0.4 is 4.72 Å². The van der Waals surface area contributed by atoms with Gasteiger partial charge in [-0.25, -0.2) is 13.1 Å². The highest BCUT2D eigenvalue weighted by Gasteiger charge is 2.28. The number of carbonyl (C=O) groups is 1. The van der Waals surface area contributed by atoms with Gasteiger partial charge in [-0.15, -0.1) is 0 Å². The number of hydrogen-bond acceptors (Lipinski definition) is 4. The number of piperidine rings is 2. The summed E-state index contributed by atoms with van der Waals surface area (Å²) in [6.07, 6.45) is 4.66. The lowest BCUT2D eigenvalue weighted by Gasteiger charge is -2.38. The maximum absolute atomic E-state index is 13.3. The zero-order valence-electron chi connectivity index (χ0n) is 20.4. The van der Waals surface area contributed by atoms with Crippen molar-refractivity contribution in [3.8, 4) is 0 Å². The van der Waals surface area contributed by atoms with E-state index in [2.05, 4.69) is 16.5 Å². The van der Waals surface area contributed by atoms with Crippen LogP contribution in [-0.4, -0.2) is 56.8 Å². The van der Waals surface area contributed by atoms with Crippen molar-refractivity contribution in [2.75, 3.05) is 32.7 Å². The summed E-state index contributed by atoms with van der Waals surface area (Å²) in [5.41, 5.74) is 1.96. The van der Waals surface area contributed by atoms with Gasteiger partial charge in [0.1, 0.15) is 0 Å². The first kappa shape index (κ1) is 24.9. The lowest BCUT2D eigenvalue weighted by atomic mass is 9.94. The molecule has 0 aliphatic carbocycles. The van der Waals surface area contributed by atoms with Crippen LogP contribution >= 0.6 is 0 Å². The molecule has 2 fully saturated rings. The number of sulfonamides is 1. The smallest absolute Gasteiger partial charge is 0.253 e. The van der Waals surface area contributed by atoms with Crippen molar-refractivity contribution in [3.05, 3.63) is 65.2 Å². The van der Waals surface area contributed by atoms with Crippen molar-refractivity contribution in [1.82, 2.24) is 14.5 Å². The largest absolute Gasteiger partial charge is 0.338 e. The summed E-state index contributed by atoms with van der Waals surface area (Å²) in [7, 11) is -3.74. The lowest BCUT2D eigenvalue weighted by molar-refractivity contribution is 0.0622. The third-order valence-corrected chi connectivity index (χ3v) is 8.78. The molecule has 2 aliphatic heterocycles. The number of hydrogen-bond donors (Lipinski definition) is 1. The summed E-state index contributed by atoms with van der Waals surface area (Å²) < 4.78 is 28.7. The van der Waals surface area contributed by atoms with Gasteiger partial charge >= 0.3 is 0 Å². The molecular formula is C27H37N3O3S. The molecule has 4 rings (SSSR count). The first-order valence-electron chi connectivity index (χ1n) is 12.5. The summed E-state index contributed by atoms with van der Waals surface area (Å²) in [6, 6.07) is 14.5. The quantitative estimate of drug-likeness (QED) is 0.645. The summed E-state index contributed by atoms with van der Waals surface area (Å²) >= 11 is 0. The molecule has 2 saturated heterocycles. The number of rotatable bonds is 7. The van der Waals surface area contributed by atoms with Crippen LogP contribution in [0.25, 0.3) is 0 Å². The number of nitrogens with zero attached hydrogens (tertiary/aromatic N) is 2. The number of aryl methyl sites for hydroxylation is 1. The van der Waals surface area contributed by atoms with Gasteiger partial charge in [0.15, 0.2) is 0 Å². The Labute approximate surface area is 204 Å². The van der Waals surface area contributed by atoms with Crippen LogP contribution in [0.3, 0.4) is 0 Å². The molecule has 1 atom stereocenters. The summed E-state index contributed by atoms with van der Waals surface area (Å²) in [5.74, 6) is 1.22. The normalized spacial score (nSPS) is 20.4. The first-order valence-corrected chi connectivity index (χ1v) is 14.0. The Bertz CT molecular complexity index is 1080. The number of carbonyl (C=O) groups excluding carboxylic acids is 1. The SMILES string of the molecule is Cc1ccc(C(=O)N2CCCC(CN3CCC(C)CC3)C2)cc1S(=O)(=O)NCc1ccccc1. The monoisotopic (exact) mass is 483 g/mol. The highest BCUT2D eigenvalue weighted by atomic mass is 32.2. The first-order chi connectivity index (χ1) is 16.3. The van der Waals surface area contributed by atoms with Crippen LogP contribution in [0.1, 0.15) is 54.1 Å². The third-order valence-electron chi connectivity index (χ3n) is 7.23. The predicted octanol–water partition coefficient (Wildman–Crippen LogP) is 4.06. The second kappa shape index (κ2) is 11.0. The van der Waals surface area contributed by atoms with Crippen molar-refractivity contribution in [2.45, 2.75) is 51.0 Å². The van der Waals surface area contributed by atoms with Gasteiger partial charge in [-0.05, 0) is 80.8 Å². The Morgan fingerprint density at radius 2 is 1.76 bits per heavy atom. The van der Waals surface area contributed by atoms with E-state index in [1.165, 1.54) is 12.8 Å². The number of likely N-dealkylation sites (tertiary alicyclic amines) is 2. The number of nitrogens with one attached hydrogen (secondary N) is 1. The second-order valence-corrected chi connectivity index (χ2v) is 11.8. The fraction of sp³-hybridized carbons (Fsp3) is 0.519. The Balaban J connectivity index is 1.42. The molecule has 2 aromatic rings. The van der Waals surface area contributed by atoms with E-state index in [-0.39, 0.29) is 17.3 Å². The van der Waals surface area contributed by atoms with Crippen molar-refractivity contribution in [2.24, 2.45) is 11.8 Å². The van der Waals surface area contributed by atoms with E-state index in [4.69, 9.17) is 0 Å². The summed E-state index contributed by atoms with van der Waals surface area (Å²) in [6.45, 7) is 9.13. The number of benzene rings is 2. The van der Waals surface area contributed by atoms with Gasteiger partial charge in [0.05, 0.1) is 4.90 Å². The van der Waals surface area contributed by atoms with Gasteiger partial charge in [0.2, 0.25) is 10.0 Å². The molecule has 0 aromatic heterocycles. The highest BCUT2D eigenvalue weighted by molar-refractivity contribution is 7.89. The molecule has 184 valence electrons. The summed E-state index contributed by atoms with van der Waals surface area (Å²) in [5, 5.41) is 0. The number of amides is 1. The van der Waals surface area contributed by atoms with Crippen LogP contribution in [0.15, 0.2) is 53.4 Å². The molecule has 7 heteroatoms. The van der Waals surface area contributed by atoms with E-state index in [0.29, 0.717) is 17.0 Å². The molecule has 2 aliphatic rings. The van der Waals surface area contributed by atoms with Crippen LogP contribution in [0.5, 0.6) is 0 Å². The van der Waals surface area contributed by atoms with Crippen molar-refractivity contribution in [3.63, 3.8) is 0 Å². The summed E-state index contributed by atoms with van der Waals surface area (Å²) in [4.78, 5) is 18.0.